The Morgan fingerprint density at radius 1 is 1.60 bits per heavy atom. The maximum absolute atomic E-state index is 4.85. The van der Waals surface area contributed by atoms with Gasteiger partial charge < -0.3 is 4.74 Å². The van der Waals surface area contributed by atoms with E-state index in [1.165, 1.54) is 7.11 Å². The van der Waals surface area contributed by atoms with Gasteiger partial charge in [0.1, 0.15) is 0 Å². The Morgan fingerprint density at radius 2 is 1.80 bits per heavy atom. The summed E-state index contributed by atoms with van der Waals surface area (Å²) in [4.78, 5) is 0. The van der Waals surface area contributed by atoms with Crippen molar-refractivity contribution in [3.63, 3.8) is 0 Å². The van der Waals surface area contributed by atoms with Crippen LogP contribution < -0.4 is 11.5 Å². The van der Waals surface area contributed by atoms with Crippen molar-refractivity contribution in [2.24, 2.45) is 11.5 Å². The third-order valence-corrected chi connectivity index (χ3v) is 0.272. The summed E-state index contributed by atoms with van der Waals surface area (Å²) >= 11 is 0. The average Bonchev–Trinajstić information content (AvgIpc) is 1.38. The van der Waals surface area contributed by atoms with Gasteiger partial charge in [-0.2, -0.15) is 0 Å². The molecule has 0 atom stereocenters. The van der Waals surface area contributed by atoms with E-state index in [0.29, 0.717) is 0 Å². The third kappa shape index (κ3) is 3.88. The summed E-state index contributed by atoms with van der Waals surface area (Å²) in [5.41, 5.74) is 9.69. The first-order valence-corrected chi connectivity index (χ1v) is 1.31. The molecule has 0 aromatic carbocycles. The van der Waals surface area contributed by atoms with Crippen LogP contribution in [0, 0.1) is 0 Å². The van der Waals surface area contributed by atoms with Crippen LogP contribution in [0.4, 0.5) is 0 Å². The zero-order valence-corrected chi connectivity index (χ0v) is 3.14. The lowest BCUT2D eigenvalue weighted by molar-refractivity contribution is 0.114. The fourth-order valence-electron chi connectivity index (χ4n) is 0. The van der Waals surface area contributed by atoms with E-state index < -0.39 is 6.35 Å². The average molecular weight is 76.1 g/mol. The summed E-state index contributed by atoms with van der Waals surface area (Å²) in [6, 6.07) is 0. The van der Waals surface area contributed by atoms with Gasteiger partial charge in [0.25, 0.3) is 0 Å². The SMILES string of the molecule is COC(N)N. The minimum Gasteiger partial charge on any atom is -0.354 e. The smallest absolute Gasteiger partial charge is 0.158 e. The monoisotopic (exact) mass is 76.1 g/mol. The van der Waals surface area contributed by atoms with Crippen LogP contribution in [0.15, 0.2) is 0 Å². The molecule has 0 fully saturated rings. The van der Waals surface area contributed by atoms with E-state index in [1.807, 2.05) is 0 Å². The van der Waals surface area contributed by atoms with Crippen LogP contribution in [-0.4, -0.2) is 13.5 Å². The third-order valence-electron chi connectivity index (χ3n) is 0.272. The molecule has 3 heteroatoms. The van der Waals surface area contributed by atoms with E-state index in [1.54, 1.807) is 0 Å². The molecule has 0 rings (SSSR count). The lowest BCUT2D eigenvalue weighted by Gasteiger charge is -1.95. The second kappa shape index (κ2) is 2.14. The summed E-state index contributed by atoms with van der Waals surface area (Å²) in [5, 5.41) is 0. The van der Waals surface area contributed by atoms with Gasteiger partial charge in [0.2, 0.25) is 0 Å². The molecule has 0 saturated carbocycles. The quantitative estimate of drug-likeness (QED) is 0.387. The fraction of sp³-hybridized carbons (Fsp3) is 1.00. The van der Waals surface area contributed by atoms with Crippen LogP contribution in [0.1, 0.15) is 0 Å². The van der Waals surface area contributed by atoms with Gasteiger partial charge in [-0.25, -0.2) is 0 Å². The minimum absolute atomic E-state index is 0.616. The molecule has 0 spiro atoms. The van der Waals surface area contributed by atoms with E-state index in [-0.39, 0.29) is 0 Å². The van der Waals surface area contributed by atoms with Gasteiger partial charge in [-0.05, 0) is 0 Å². The van der Waals surface area contributed by atoms with E-state index in [2.05, 4.69) is 4.74 Å². The summed E-state index contributed by atoms with van der Waals surface area (Å²) in [6.45, 7) is 0. The van der Waals surface area contributed by atoms with Crippen molar-refractivity contribution in [3.05, 3.63) is 0 Å². The minimum atomic E-state index is -0.616. The molecular formula is C2H8N2O. The highest BCUT2D eigenvalue weighted by molar-refractivity contribution is 4.19. The Bertz CT molecular complexity index is 21.6. The van der Waals surface area contributed by atoms with E-state index in [9.17, 15) is 0 Å². The molecule has 0 aliphatic carbocycles. The molecule has 5 heavy (non-hydrogen) atoms. The lowest BCUT2D eigenvalue weighted by Crippen LogP contribution is -2.31. The molecule has 3 nitrogen and oxygen atoms in total. The fourth-order valence-corrected chi connectivity index (χ4v) is 0. The maximum Gasteiger partial charge on any atom is 0.158 e. The zero-order valence-electron chi connectivity index (χ0n) is 3.14. The second-order valence-corrected chi connectivity index (χ2v) is 0.700. The predicted octanol–water partition coefficient (Wildman–Crippen LogP) is -1.17. The molecule has 0 bridgehead atoms. The van der Waals surface area contributed by atoms with Crippen LogP contribution in [0.25, 0.3) is 0 Å². The van der Waals surface area contributed by atoms with Gasteiger partial charge in [-0.15, -0.1) is 0 Å². The van der Waals surface area contributed by atoms with Gasteiger partial charge in [0, 0.05) is 7.11 Å². The lowest BCUT2D eigenvalue weighted by atomic mass is 11.1. The Morgan fingerprint density at radius 3 is 1.80 bits per heavy atom. The summed E-state index contributed by atoms with van der Waals surface area (Å²) in [5.74, 6) is 0. The van der Waals surface area contributed by atoms with Crippen molar-refractivity contribution in [1.29, 1.82) is 0 Å². The standard InChI is InChI=1S/C2H8N2O/c1-5-2(3)4/h2H,3-4H2,1H3. The van der Waals surface area contributed by atoms with Gasteiger partial charge in [-0.3, -0.25) is 11.5 Å². The van der Waals surface area contributed by atoms with Crippen LogP contribution in [-0.2, 0) is 4.74 Å². The number of rotatable bonds is 1. The first-order valence-electron chi connectivity index (χ1n) is 1.31. The highest BCUT2D eigenvalue weighted by Gasteiger charge is 1.77. The molecule has 0 aliphatic rings. The molecule has 0 heterocycles. The molecule has 0 aromatic rings. The highest BCUT2D eigenvalue weighted by atomic mass is 16.5. The summed E-state index contributed by atoms with van der Waals surface area (Å²) in [7, 11) is 1.45. The summed E-state index contributed by atoms with van der Waals surface area (Å²) < 4.78 is 4.31. The number of ether oxygens (including phenoxy) is 1. The first kappa shape index (κ1) is 4.88. The van der Waals surface area contributed by atoms with Crippen LogP contribution in [0.2, 0.25) is 0 Å². The number of methoxy groups -OCH3 is 1. The maximum atomic E-state index is 4.85. The van der Waals surface area contributed by atoms with Crippen molar-refractivity contribution in [2.45, 2.75) is 6.35 Å². The number of hydrogen-bond acceptors (Lipinski definition) is 3. The van der Waals surface area contributed by atoms with Gasteiger partial charge >= 0.3 is 0 Å². The van der Waals surface area contributed by atoms with Crippen molar-refractivity contribution >= 4 is 0 Å². The predicted molar refractivity (Wildman–Crippen MR) is 19.2 cm³/mol. The molecule has 0 saturated heterocycles. The number of nitrogens with two attached hydrogens (primary N) is 2. The molecule has 0 radical (unpaired) electrons. The van der Waals surface area contributed by atoms with Crippen molar-refractivity contribution in [3.8, 4) is 0 Å². The van der Waals surface area contributed by atoms with Gasteiger partial charge in [-0.1, -0.05) is 0 Å². The Hall–Kier alpha value is -0.120. The Kier molecular flexibility index (Phi) is 2.09. The molecule has 32 valence electrons. The molecule has 4 N–H and O–H groups in total. The first-order chi connectivity index (χ1) is 2.27. The molecule has 0 unspecified atom stereocenters. The molecular weight excluding hydrogens is 68.0 g/mol. The van der Waals surface area contributed by atoms with Crippen molar-refractivity contribution in [2.75, 3.05) is 7.11 Å². The highest BCUT2D eigenvalue weighted by Crippen LogP contribution is 1.54. The Labute approximate surface area is 30.9 Å². The van der Waals surface area contributed by atoms with Crippen molar-refractivity contribution in [1.82, 2.24) is 0 Å². The number of hydrogen-bond donors (Lipinski definition) is 2. The molecule has 0 amide bonds. The van der Waals surface area contributed by atoms with Gasteiger partial charge in [0.15, 0.2) is 6.35 Å². The Balaban J connectivity index is 2.54. The molecule has 0 aliphatic heterocycles. The van der Waals surface area contributed by atoms with E-state index in [4.69, 9.17) is 11.5 Å². The topological polar surface area (TPSA) is 61.3 Å². The van der Waals surface area contributed by atoms with Gasteiger partial charge in [0.05, 0.1) is 0 Å². The second-order valence-electron chi connectivity index (χ2n) is 0.700. The van der Waals surface area contributed by atoms with E-state index >= 15 is 0 Å². The normalized spacial score (nSPS) is 9.60. The largest absolute Gasteiger partial charge is 0.354 e. The molecule has 0 aromatic heterocycles. The van der Waals surface area contributed by atoms with Crippen LogP contribution >= 0.6 is 0 Å². The van der Waals surface area contributed by atoms with Crippen molar-refractivity contribution < 1.29 is 4.74 Å². The van der Waals surface area contributed by atoms with Crippen LogP contribution in [0.5, 0.6) is 0 Å². The van der Waals surface area contributed by atoms with Crippen LogP contribution in [0.3, 0.4) is 0 Å². The zero-order chi connectivity index (χ0) is 4.28. The van der Waals surface area contributed by atoms with E-state index in [0.717, 1.165) is 0 Å². The summed E-state index contributed by atoms with van der Waals surface area (Å²) in [6.07, 6.45) is -0.616.